The summed E-state index contributed by atoms with van der Waals surface area (Å²) in [7, 11) is 1.75. The van der Waals surface area contributed by atoms with Crippen molar-refractivity contribution >= 4 is 22.7 Å². The highest BCUT2D eigenvalue weighted by Crippen LogP contribution is 2.23. The number of ether oxygens (including phenoxy) is 1. The third kappa shape index (κ3) is 2.57. The number of nitrogens with two attached hydrogens (primary N) is 1. The van der Waals surface area contributed by atoms with E-state index in [1.165, 1.54) is 12.1 Å². The van der Waals surface area contributed by atoms with Gasteiger partial charge in [-0.2, -0.15) is 0 Å². The SMILES string of the molecule is Cn1c(C(=O)N2CCO[C@@](C)(C(N)=O)C2)cc2cc(F)ccc21. The second-order valence-corrected chi connectivity index (χ2v) is 5.96. The van der Waals surface area contributed by atoms with Crippen LogP contribution in [0.25, 0.3) is 10.9 Å². The molecule has 7 heteroatoms. The highest BCUT2D eigenvalue weighted by atomic mass is 19.1. The minimum absolute atomic E-state index is 0.0943. The Labute approximate surface area is 132 Å². The number of primary amides is 1. The van der Waals surface area contributed by atoms with Crippen molar-refractivity contribution in [2.45, 2.75) is 12.5 Å². The molecule has 0 bridgehead atoms. The second kappa shape index (κ2) is 5.34. The molecule has 1 aromatic carbocycles. The van der Waals surface area contributed by atoms with Gasteiger partial charge in [-0.05, 0) is 31.2 Å². The molecule has 0 saturated carbocycles. The van der Waals surface area contributed by atoms with Crippen LogP contribution < -0.4 is 5.73 Å². The molecular weight excluding hydrogens is 301 g/mol. The van der Waals surface area contributed by atoms with Gasteiger partial charge in [-0.1, -0.05) is 0 Å². The maximum absolute atomic E-state index is 13.4. The number of hydrogen-bond acceptors (Lipinski definition) is 3. The lowest BCUT2D eigenvalue weighted by Gasteiger charge is -2.38. The molecule has 1 aliphatic heterocycles. The summed E-state index contributed by atoms with van der Waals surface area (Å²) in [5, 5.41) is 0.654. The van der Waals surface area contributed by atoms with Gasteiger partial charge < -0.3 is 19.9 Å². The molecule has 2 heterocycles. The van der Waals surface area contributed by atoms with E-state index in [1.807, 2.05) is 0 Å². The summed E-state index contributed by atoms with van der Waals surface area (Å²) in [5.41, 5.74) is 5.37. The summed E-state index contributed by atoms with van der Waals surface area (Å²) in [6.45, 7) is 2.28. The molecule has 1 fully saturated rings. The van der Waals surface area contributed by atoms with Crippen molar-refractivity contribution in [1.82, 2.24) is 9.47 Å². The second-order valence-electron chi connectivity index (χ2n) is 5.96. The molecule has 6 nitrogen and oxygen atoms in total. The summed E-state index contributed by atoms with van der Waals surface area (Å²) in [6, 6.07) is 6.03. The Hall–Kier alpha value is -2.41. The number of amides is 2. The topological polar surface area (TPSA) is 77.6 Å². The van der Waals surface area contributed by atoms with Gasteiger partial charge >= 0.3 is 0 Å². The first-order valence-corrected chi connectivity index (χ1v) is 7.30. The average Bonchev–Trinajstić information content (AvgIpc) is 2.82. The third-order valence-corrected chi connectivity index (χ3v) is 4.31. The normalized spacial score (nSPS) is 21.6. The summed E-state index contributed by atoms with van der Waals surface area (Å²) < 4.78 is 20.5. The zero-order chi connectivity index (χ0) is 16.8. The van der Waals surface area contributed by atoms with E-state index in [9.17, 15) is 14.0 Å². The standard InChI is InChI=1S/C16H18FN3O3/c1-16(15(18)22)9-20(5-6-23-16)14(21)13-8-10-7-11(17)3-4-12(10)19(13)2/h3-4,7-8H,5-6,9H2,1-2H3,(H2,18,22)/t16-/m1/s1. The molecule has 0 unspecified atom stereocenters. The van der Waals surface area contributed by atoms with Gasteiger partial charge in [0, 0.05) is 24.5 Å². The molecular formula is C16H18FN3O3. The van der Waals surface area contributed by atoms with Crippen LogP contribution in [0.5, 0.6) is 0 Å². The molecule has 3 rings (SSSR count). The molecule has 1 aromatic heterocycles. The molecule has 0 aliphatic carbocycles. The number of rotatable bonds is 2. The predicted octanol–water partition coefficient (Wildman–Crippen LogP) is 1.03. The number of hydrogen-bond donors (Lipinski definition) is 1. The van der Waals surface area contributed by atoms with E-state index in [4.69, 9.17) is 10.5 Å². The number of fused-ring (bicyclic) bond motifs is 1. The molecule has 2 aromatic rings. The molecule has 1 aliphatic rings. The number of carbonyl (C=O) groups excluding carboxylic acids is 2. The number of morpholine rings is 1. The van der Waals surface area contributed by atoms with E-state index in [0.717, 1.165) is 5.52 Å². The summed E-state index contributed by atoms with van der Waals surface area (Å²) in [5.74, 6) is -1.19. The quantitative estimate of drug-likeness (QED) is 0.898. The van der Waals surface area contributed by atoms with Crippen LogP contribution >= 0.6 is 0 Å². The lowest BCUT2D eigenvalue weighted by atomic mass is 10.0. The van der Waals surface area contributed by atoms with Crippen molar-refractivity contribution in [2.24, 2.45) is 12.8 Å². The van der Waals surface area contributed by atoms with E-state index >= 15 is 0 Å². The Bertz CT molecular complexity index is 801. The molecule has 2 N–H and O–H groups in total. The molecule has 122 valence electrons. The minimum Gasteiger partial charge on any atom is -0.367 e. The van der Waals surface area contributed by atoms with Crippen LogP contribution in [0, 0.1) is 5.82 Å². The van der Waals surface area contributed by atoms with Gasteiger partial charge in [0.15, 0.2) is 5.60 Å². The predicted molar refractivity (Wildman–Crippen MR) is 82.3 cm³/mol. The highest BCUT2D eigenvalue weighted by Gasteiger charge is 2.39. The first-order chi connectivity index (χ1) is 10.8. The smallest absolute Gasteiger partial charge is 0.270 e. The lowest BCUT2D eigenvalue weighted by Crippen LogP contribution is -2.58. The maximum Gasteiger partial charge on any atom is 0.270 e. The number of halogens is 1. The first kappa shape index (κ1) is 15.5. The summed E-state index contributed by atoms with van der Waals surface area (Å²) in [6.07, 6.45) is 0. The van der Waals surface area contributed by atoms with Crippen molar-refractivity contribution in [1.29, 1.82) is 0 Å². The molecule has 0 spiro atoms. The minimum atomic E-state index is -1.19. The van der Waals surface area contributed by atoms with Crippen LogP contribution in [-0.2, 0) is 16.6 Å². The van der Waals surface area contributed by atoms with Gasteiger partial charge in [-0.3, -0.25) is 9.59 Å². The molecule has 1 saturated heterocycles. The fraction of sp³-hybridized carbons (Fsp3) is 0.375. The molecule has 0 radical (unpaired) electrons. The fourth-order valence-corrected chi connectivity index (χ4v) is 2.88. The zero-order valence-corrected chi connectivity index (χ0v) is 13.0. The van der Waals surface area contributed by atoms with Gasteiger partial charge in [0.05, 0.1) is 13.2 Å². The summed E-state index contributed by atoms with van der Waals surface area (Å²) >= 11 is 0. The fourth-order valence-electron chi connectivity index (χ4n) is 2.88. The monoisotopic (exact) mass is 319 g/mol. The Balaban J connectivity index is 1.94. The van der Waals surface area contributed by atoms with Gasteiger partial charge in [0.1, 0.15) is 11.5 Å². The van der Waals surface area contributed by atoms with Crippen LogP contribution in [0.1, 0.15) is 17.4 Å². The van der Waals surface area contributed by atoms with Crippen LogP contribution in [0.2, 0.25) is 0 Å². The van der Waals surface area contributed by atoms with Crippen LogP contribution in [0.15, 0.2) is 24.3 Å². The van der Waals surface area contributed by atoms with Crippen molar-refractivity contribution in [3.05, 3.63) is 35.8 Å². The van der Waals surface area contributed by atoms with E-state index in [-0.39, 0.29) is 24.9 Å². The van der Waals surface area contributed by atoms with Crippen LogP contribution in [0.4, 0.5) is 4.39 Å². The van der Waals surface area contributed by atoms with E-state index in [0.29, 0.717) is 17.6 Å². The van der Waals surface area contributed by atoms with Gasteiger partial charge in [0.25, 0.3) is 11.8 Å². The Morgan fingerprint density at radius 1 is 1.35 bits per heavy atom. The Kier molecular flexibility index (Phi) is 3.60. The van der Waals surface area contributed by atoms with Crippen molar-refractivity contribution < 1.29 is 18.7 Å². The van der Waals surface area contributed by atoms with Crippen molar-refractivity contribution in [3.8, 4) is 0 Å². The van der Waals surface area contributed by atoms with E-state index < -0.39 is 11.5 Å². The zero-order valence-electron chi connectivity index (χ0n) is 13.0. The maximum atomic E-state index is 13.4. The number of benzene rings is 1. The van der Waals surface area contributed by atoms with Crippen LogP contribution in [0.3, 0.4) is 0 Å². The molecule has 23 heavy (non-hydrogen) atoms. The van der Waals surface area contributed by atoms with Crippen molar-refractivity contribution in [3.63, 3.8) is 0 Å². The van der Waals surface area contributed by atoms with Gasteiger partial charge in [-0.15, -0.1) is 0 Å². The number of carbonyl (C=O) groups is 2. The Morgan fingerprint density at radius 3 is 2.78 bits per heavy atom. The van der Waals surface area contributed by atoms with Gasteiger partial charge in [0.2, 0.25) is 0 Å². The van der Waals surface area contributed by atoms with Crippen LogP contribution in [-0.4, -0.2) is 46.6 Å². The highest BCUT2D eigenvalue weighted by molar-refractivity contribution is 5.99. The van der Waals surface area contributed by atoms with E-state index in [1.54, 1.807) is 35.6 Å². The number of nitrogens with zero attached hydrogens (tertiary/aromatic N) is 2. The van der Waals surface area contributed by atoms with Crippen molar-refractivity contribution in [2.75, 3.05) is 19.7 Å². The third-order valence-electron chi connectivity index (χ3n) is 4.31. The average molecular weight is 319 g/mol. The number of aromatic nitrogens is 1. The molecule has 2 amide bonds. The lowest BCUT2D eigenvalue weighted by molar-refractivity contribution is -0.150. The molecule has 1 atom stereocenters. The van der Waals surface area contributed by atoms with E-state index in [2.05, 4.69) is 0 Å². The Morgan fingerprint density at radius 2 is 2.09 bits per heavy atom. The summed E-state index contributed by atoms with van der Waals surface area (Å²) in [4.78, 5) is 25.9. The van der Waals surface area contributed by atoms with Gasteiger partial charge in [-0.25, -0.2) is 4.39 Å². The first-order valence-electron chi connectivity index (χ1n) is 7.30. The largest absolute Gasteiger partial charge is 0.367 e. The number of aryl methyl sites for hydroxylation is 1.